The van der Waals surface area contributed by atoms with E-state index in [9.17, 15) is 31.5 Å². The summed E-state index contributed by atoms with van der Waals surface area (Å²) in [5.74, 6) is -6.85. The van der Waals surface area contributed by atoms with Gasteiger partial charge in [0.25, 0.3) is 0 Å². The molecule has 0 spiro atoms. The Kier molecular flexibility index (Phi) is 3.91. The zero-order chi connectivity index (χ0) is 14.8. The number of H-pyrrole nitrogens is 1. The quantitative estimate of drug-likeness (QED) is 0.676. The van der Waals surface area contributed by atoms with Gasteiger partial charge in [-0.2, -0.15) is 22.0 Å². The lowest BCUT2D eigenvalue weighted by atomic mass is 10.1. The van der Waals surface area contributed by atoms with Gasteiger partial charge in [0.2, 0.25) is 0 Å². The predicted octanol–water partition coefficient (Wildman–Crippen LogP) is 1.60. The first-order valence-corrected chi connectivity index (χ1v) is 4.82. The molecule has 5 nitrogen and oxygen atoms in total. The van der Waals surface area contributed by atoms with E-state index in [0.29, 0.717) is 6.20 Å². The van der Waals surface area contributed by atoms with Gasteiger partial charge in [-0.25, -0.2) is 14.6 Å². The largest absolute Gasteiger partial charge is 0.462 e. The maximum absolute atomic E-state index is 13.2. The summed E-state index contributed by atoms with van der Waals surface area (Å²) in [5.41, 5.74) is -4.48. The van der Waals surface area contributed by atoms with Crippen molar-refractivity contribution in [3.05, 3.63) is 27.9 Å². The number of hydrogen-bond donors (Lipinski definition) is 1. The maximum Gasteiger partial charge on any atom is 0.459 e. The van der Waals surface area contributed by atoms with E-state index in [-0.39, 0.29) is 6.61 Å². The van der Waals surface area contributed by atoms with Gasteiger partial charge < -0.3 is 9.72 Å². The van der Waals surface area contributed by atoms with Crippen LogP contribution in [0.25, 0.3) is 0 Å². The molecule has 0 unspecified atom stereocenters. The molecule has 0 aliphatic rings. The molecule has 0 aliphatic carbocycles. The summed E-state index contributed by atoms with van der Waals surface area (Å²) in [7, 11) is 0. The predicted molar refractivity (Wildman–Crippen MR) is 50.8 cm³/mol. The molecule has 106 valence electrons. The monoisotopic (exact) mass is 286 g/mol. The Hall–Kier alpha value is -2.00. The van der Waals surface area contributed by atoms with E-state index in [1.807, 2.05) is 0 Å². The van der Waals surface area contributed by atoms with E-state index in [4.69, 9.17) is 0 Å². The molecule has 1 heterocycles. The number of ether oxygens (including phenoxy) is 1. The highest BCUT2D eigenvalue weighted by atomic mass is 19.4. The van der Waals surface area contributed by atoms with Gasteiger partial charge in [0.05, 0.1) is 6.61 Å². The lowest BCUT2D eigenvalue weighted by Gasteiger charge is -2.20. The first kappa shape index (κ1) is 15.1. The van der Waals surface area contributed by atoms with Crippen molar-refractivity contribution in [3.63, 3.8) is 0 Å². The minimum absolute atomic E-state index is 0.241. The Morgan fingerprint density at radius 2 is 1.95 bits per heavy atom. The summed E-state index contributed by atoms with van der Waals surface area (Å²) < 4.78 is 67.4. The Morgan fingerprint density at radius 3 is 2.42 bits per heavy atom. The van der Waals surface area contributed by atoms with Crippen LogP contribution in [0.3, 0.4) is 0 Å². The highest BCUT2D eigenvalue weighted by Crippen LogP contribution is 2.43. The molecule has 0 atom stereocenters. The van der Waals surface area contributed by atoms with Crippen LogP contribution >= 0.6 is 0 Å². The summed E-state index contributed by atoms with van der Waals surface area (Å²) >= 11 is 0. The summed E-state index contributed by atoms with van der Waals surface area (Å²) in [6.45, 7) is 1.09. The van der Waals surface area contributed by atoms with Crippen LogP contribution in [0.1, 0.15) is 23.0 Å². The van der Waals surface area contributed by atoms with Crippen molar-refractivity contribution >= 4 is 5.97 Å². The number of aromatic amines is 1. The molecule has 10 heteroatoms. The van der Waals surface area contributed by atoms with Crippen molar-refractivity contribution in [1.82, 2.24) is 9.97 Å². The van der Waals surface area contributed by atoms with Gasteiger partial charge in [0, 0.05) is 6.20 Å². The minimum atomic E-state index is -5.97. The molecule has 1 aromatic rings. The number of carbonyl (C=O) groups is 1. The fraction of sp³-hybridized carbons (Fsp3) is 0.444. The highest BCUT2D eigenvalue weighted by Gasteiger charge is 2.61. The van der Waals surface area contributed by atoms with Crippen LogP contribution in [0, 0.1) is 0 Å². The SMILES string of the molecule is CCOC(=O)c1cnc(=O)[nH]c1C(F)(F)C(F)(F)F. The van der Waals surface area contributed by atoms with Crippen molar-refractivity contribution in [2.45, 2.75) is 19.0 Å². The Balaban J connectivity index is 3.45. The van der Waals surface area contributed by atoms with Gasteiger partial charge in [0.15, 0.2) is 0 Å². The number of alkyl halides is 5. The van der Waals surface area contributed by atoms with Crippen LogP contribution in [-0.2, 0) is 10.7 Å². The molecule has 1 N–H and O–H groups in total. The van der Waals surface area contributed by atoms with Crippen molar-refractivity contribution in [2.24, 2.45) is 0 Å². The maximum atomic E-state index is 13.2. The average Bonchev–Trinajstić information content (AvgIpc) is 2.27. The lowest BCUT2D eigenvalue weighted by Crippen LogP contribution is -2.38. The standard InChI is InChI=1S/C9H7F5N2O3/c1-2-19-6(17)4-3-15-7(18)16-5(4)8(10,11)9(12,13)14/h3H,2H2,1H3,(H,15,16,18). The van der Waals surface area contributed by atoms with Crippen LogP contribution in [0.4, 0.5) is 22.0 Å². The van der Waals surface area contributed by atoms with Crippen molar-refractivity contribution in [2.75, 3.05) is 6.61 Å². The summed E-state index contributed by atoms with van der Waals surface area (Å²) in [6, 6.07) is 0. The van der Waals surface area contributed by atoms with Crippen molar-refractivity contribution in [3.8, 4) is 0 Å². The first-order valence-electron chi connectivity index (χ1n) is 4.82. The summed E-state index contributed by atoms with van der Waals surface area (Å²) in [6.07, 6.45) is -5.66. The molecule has 0 bridgehead atoms. The Bertz CT molecular complexity index is 537. The molecule has 0 fully saturated rings. The van der Waals surface area contributed by atoms with E-state index in [1.54, 1.807) is 0 Å². The number of hydrogen-bond acceptors (Lipinski definition) is 4. The van der Waals surface area contributed by atoms with E-state index < -0.39 is 35.0 Å². The van der Waals surface area contributed by atoms with Crippen LogP contribution in [0.15, 0.2) is 11.0 Å². The molecule has 0 saturated carbocycles. The molecule has 0 saturated heterocycles. The number of carbonyl (C=O) groups excluding carboxylic acids is 1. The second-order valence-corrected chi connectivity index (χ2v) is 3.27. The highest BCUT2D eigenvalue weighted by molar-refractivity contribution is 5.90. The van der Waals surface area contributed by atoms with E-state index in [2.05, 4.69) is 9.72 Å². The Labute approximate surface area is 102 Å². The lowest BCUT2D eigenvalue weighted by molar-refractivity contribution is -0.291. The second-order valence-electron chi connectivity index (χ2n) is 3.27. The minimum Gasteiger partial charge on any atom is -0.462 e. The normalized spacial score (nSPS) is 12.3. The first-order chi connectivity index (χ1) is 8.61. The van der Waals surface area contributed by atoms with E-state index >= 15 is 0 Å². The number of esters is 1. The number of nitrogens with zero attached hydrogens (tertiary/aromatic N) is 1. The fourth-order valence-electron chi connectivity index (χ4n) is 1.15. The van der Waals surface area contributed by atoms with Gasteiger partial charge in [0.1, 0.15) is 11.3 Å². The van der Waals surface area contributed by atoms with Crippen molar-refractivity contribution < 1.29 is 31.5 Å². The van der Waals surface area contributed by atoms with Gasteiger partial charge in [-0.3, -0.25) is 0 Å². The van der Waals surface area contributed by atoms with Gasteiger partial charge in [-0.15, -0.1) is 0 Å². The third kappa shape index (κ3) is 2.88. The number of nitrogens with one attached hydrogen (secondary N) is 1. The zero-order valence-electron chi connectivity index (χ0n) is 9.35. The Morgan fingerprint density at radius 1 is 1.37 bits per heavy atom. The summed E-state index contributed by atoms with van der Waals surface area (Å²) in [4.78, 5) is 26.2. The van der Waals surface area contributed by atoms with Crippen LogP contribution in [-0.4, -0.2) is 28.7 Å². The van der Waals surface area contributed by atoms with Gasteiger partial charge in [-0.05, 0) is 6.92 Å². The molecular formula is C9H7F5N2O3. The van der Waals surface area contributed by atoms with Gasteiger partial charge >= 0.3 is 23.8 Å². The molecule has 0 aromatic carbocycles. The number of aromatic nitrogens is 2. The van der Waals surface area contributed by atoms with E-state index in [0.717, 1.165) is 0 Å². The third-order valence-corrected chi connectivity index (χ3v) is 1.98. The van der Waals surface area contributed by atoms with Crippen LogP contribution in [0.2, 0.25) is 0 Å². The number of rotatable bonds is 3. The molecule has 0 aliphatic heterocycles. The number of halogens is 5. The fourth-order valence-corrected chi connectivity index (χ4v) is 1.15. The second kappa shape index (κ2) is 4.94. The topological polar surface area (TPSA) is 72.0 Å². The zero-order valence-corrected chi connectivity index (χ0v) is 9.35. The van der Waals surface area contributed by atoms with E-state index in [1.165, 1.54) is 11.9 Å². The molecule has 1 aromatic heterocycles. The summed E-state index contributed by atoms with van der Waals surface area (Å²) in [5, 5.41) is 0. The van der Waals surface area contributed by atoms with Crippen molar-refractivity contribution in [1.29, 1.82) is 0 Å². The smallest absolute Gasteiger partial charge is 0.459 e. The third-order valence-electron chi connectivity index (χ3n) is 1.98. The van der Waals surface area contributed by atoms with Crippen LogP contribution < -0.4 is 5.69 Å². The molecule has 19 heavy (non-hydrogen) atoms. The molecule has 1 rings (SSSR count). The van der Waals surface area contributed by atoms with Gasteiger partial charge in [-0.1, -0.05) is 0 Å². The molecular weight excluding hydrogens is 279 g/mol. The average molecular weight is 286 g/mol. The molecule has 0 amide bonds. The molecule has 0 radical (unpaired) electrons. The van der Waals surface area contributed by atoms with Crippen LogP contribution in [0.5, 0.6) is 0 Å².